The second kappa shape index (κ2) is 9.71. The molecule has 0 atom stereocenters. The molecule has 156 valence electrons. The zero-order chi connectivity index (χ0) is 20.1. The lowest BCUT2D eigenvalue weighted by atomic mass is 9.70. The predicted molar refractivity (Wildman–Crippen MR) is 104 cm³/mol. The average molecular weight is 395 g/mol. The van der Waals surface area contributed by atoms with Crippen molar-refractivity contribution in [2.24, 2.45) is 17.8 Å². The molecule has 0 saturated heterocycles. The standard InChI is InChI=1S/C23H32F2O3/c1-3-4-15-5-7-16(8-6-15)17-9-11-18(12-10-17)28-23(26)19-13-14-20(27-2)22(25)21(19)24/h13-18H,3-12H2,1-2H3/t15-,16-,17-,18-. The first-order valence-corrected chi connectivity index (χ1v) is 10.8. The van der Waals surface area contributed by atoms with Gasteiger partial charge in [0.2, 0.25) is 5.82 Å². The van der Waals surface area contributed by atoms with Gasteiger partial charge in [0.15, 0.2) is 11.6 Å². The van der Waals surface area contributed by atoms with Gasteiger partial charge >= 0.3 is 5.97 Å². The Labute approximate surface area is 166 Å². The van der Waals surface area contributed by atoms with Crippen molar-refractivity contribution in [3.8, 4) is 5.75 Å². The molecule has 0 heterocycles. The van der Waals surface area contributed by atoms with Gasteiger partial charge in [0, 0.05) is 0 Å². The van der Waals surface area contributed by atoms with Crippen molar-refractivity contribution >= 4 is 5.97 Å². The molecule has 0 unspecified atom stereocenters. The number of carbonyl (C=O) groups is 1. The van der Waals surface area contributed by atoms with Gasteiger partial charge in [0.05, 0.1) is 12.7 Å². The van der Waals surface area contributed by atoms with Gasteiger partial charge in [-0.25, -0.2) is 9.18 Å². The fourth-order valence-corrected chi connectivity index (χ4v) is 5.10. The molecule has 0 spiro atoms. The summed E-state index contributed by atoms with van der Waals surface area (Å²) in [4.78, 5) is 12.3. The highest BCUT2D eigenvalue weighted by molar-refractivity contribution is 5.90. The highest BCUT2D eigenvalue weighted by Gasteiger charge is 2.32. The quantitative estimate of drug-likeness (QED) is 0.532. The molecule has 2 saturated carbocycles. The first-order chi connectivity index (χ1) is 13.5. The Morgan fingerprint density at radius 3 is 2.14 bits per heavy atom. The summed E-state index contributed by atoms with van der Waals surface area (Å²) in [5.74, 6) is -0.934. The minimum atomic E-state index is -1.21. The fraction of sp³-hybridized carbons (Fsp3) is 0.696. The Hall–Kier alpha value is -1.65. The van der Waals surface area contributed by atoms with Crippen LogP contribution in [-0.4, -0.2) is 19.2 Å². The van der Waals surface area contributed by atoms with Crippen LogP contribution in [0.4, 0.5) is 8.78 Å². The van der Waals surface area contributed by atoms with Gasteiger partial charge in [0.1, 0.15) is 6.10 Å². The highest BCUT2D eigenvalue weighted by atomic mass is 19.2. The van der Waals surface area contributed by atoms with Crippen molar-refractivity contribution < 1.29 is 23.0 Å². The molecular formula is C23H32F2O3. The maximum Gasteiger partial charge on any atom is 0.341 e. The number of benzene rings is 1. The summed E-state index contributed by atoms with van der Waals surface area (Å²) in [7, 11) is 1.25. The molecule has 1 aromatic carbocycles. The molecule has 28 heavy (non-hydrogen) atoms. The van der Waals surface area contributed by atoms with E-state index in [1.807, 2.05) is 0 Å². The summed E-state index contributed by atoms with van der Waals surface area (Å²) in [6, 6.07) is 2.47. The zero-order valence-corrected chi connectivity index (χ0v) is 17.0. The number of esters is 1. The maximum absolute atomic E-state index is 14.1. The fourth-order valence-electron chi connectivity index (χ4n) is 5.10. The molecule has 0 amide bonds. The number of hydrogen-bond donors (Lipinski definition) is 0. The second-order valence-electron chi connectivity index (χ2n) is 8.45. The number of halogens is 2. The molecule has 0 N–H and O–H groups in total. The molecule has 2 aliphatic carbocycles. The largest absolute Gasteiger partial charge is 0.494 e. The molecule has 1 aromatic rings. The van der Waals surface area contributed by atoms with Gasteiger partial charge in [-0.3, -0.25) is 0 Å². The van der Waals surface area contributed by atoms with E-state index < -0.39 is 17.6 Å². The van der Waals surface area contributed by atoms with E-state index in [1.165, 1.54) is 57.8 Å². The third-order valence-electron chi connectivity index (χ3n) is 6.73. The monoisotopic (exact) mass is 394 g/mol. The van der Waals surface area contributed by atoms with Crippen LogP contribution in [-0.2, 0) is 4.74 Å². The first-order valence-electron chi connectivity index (χ1n) is 10.8. The normalized spacial score (nSPS) is 28.0. The lowest BCUT2D eigenvalue weighted by Crippen LogP contribution is -2.30. The average Bonchev–Trinajstić information content (AvgIpc) is 2.71. The molecule has 2 fully saturated rings. The van der Waals surface area contributed by atoms with E-state index in [1.54, 1.807) is 0 Å². The Morgan fingerprint density at radius 2 is 1.57 bits per heavy atom. The molecule has 0 radical (unpaired) electrons. The van der Waals surface area contributed by atoms with Crippen molar-refractivity contribution in [3.05, 3.63) is 29.3 Å². The van der Waals surface area contributed by atoms with E-state index >= 15 is 0 Å². The summed E-state index contributed by atoms with van der Waals surface area (Å²) in [6.07, 6.45) is 11.5. The smallest absolute Gasteiger partial charge is 0.341 e. The van der Waals surface area contributed by atoms with Crippen LogP contribution in [0.1, 0.15) is 81.5 Å². The van der Waals surface area contributed by atoms with Crippen molar-refractivity contribution in [2.45, 2.75) is 77.2 Å². The van der Waals surface area contributed by atoms with Crippen LogP contribution in [0, 0.1) is 29.4 Å². The summed E-state index contributed by atoms with van der Waals surface area (Å²) < 4.78 is 38.1. The van der Waals surface area contributed by atoms with Crippen LogP contribution < -0.4 is 4.74 Å². The number of rotatable bonds is 6. The van der Waals surface area contributed by atoms with Crippen LogP contribution in [0.25, 0.3) is 0 Å². The molecule has 5 heteroatoms. The topological polar surface area (TPSA) is 35.5 Å². The SMILES string of the molecule is CCC[C@H]1CC[C@H]([C@H]2CC[C@H](OC(=O)c3ccc(OC)c(F)c3F)CC2)CC1. The predicted octanol–water partition coefficient (Wildman–Crippen LogP) is 6.30. The minimum Gasteiger partial charge on any atom is -0.494 e. The third-order valence-corrected chi connectivity index (χ3v) is 6.73. The van der Waals surface area contributed by atoms with Gasteiger partial charge < -0.3 is 9.47 Å². The van der Waals surface area contributed by atoms with Gasteiger partial charge in [-0.1, -0.05) is 32.6 Å². The molecule has 0 bridgehead atoms. The van der Waals surface area contributed by atoms with Gasteiger partial charge in [-0.05, 0) is 68.4 Å². The molecular weight excluding hydrogens is 362 g/mol. The Morgan fingerprint density at radius 1 is 0.964 bits per heavy atom. The van der Waals surface area contributed by atoms with Crippen LogP contribution in [0.2, 0.25) is 0 Å². The van der Waals surface area contributed by atoms with Crippen molar-refractivity contribution in [3.63, 3.8) is 0 Å². The van der Waals surface area contributed by atoms with Crippen LogP contribution in [0.3, 0.4) is 0 Å². The first kappa shape index (κ1) is 21.1. The zero-order valence-electron chi connectivity index (χ0n) is 17.0. The highest BCUT2D eigenvalue weighted by Crippen LogP contribution is 2.41. The third kappa shape index (κ3) is 4.84. The summed E-state index contributed by atoms with van der Waals surface area (Å²) in [5.41, 5.74) is -0.366. The van der Waals surface area contributed by atoms with E-state index in [0.29, 0.717) is 5.92 Å². The van der Waals surface area contributed by atoms with E-state index in [0.717, 1.165) is 37.5 Å². The Kier molecular flexibility index (Phi) is 7.30. The lowest BCUT2D eigenvalue weighted by Gasteiger charge is -2.37. The summed E-state index contributed by atoms with van der Waals surface area (Å²) >= 11 is 0. The van der Waals surface area contributed by atoms with Gasteiger partial charge in [-0.15, -0.1) is 0 Å². The Balaban J connectivity index is 1.48. The van der Waals surface area contributed by atoms with Crippen LogP contribution in [0.5, 0.6) is 5.75 Å². The molecule has 0 aliphatic heterocycles. The van der Waals surface area contributed by atoms with Crippen molar-refractivity contribution in [1.29, 1.82) is 0 Å². The number of hydrogen-bond acceptors (Lipinski definition) is 3. The van der Waals surface area contributed by atoms with Gasteiger partial charge in [-0.2, -0.15) is 4.39 Å². The van der Waals surface area contributed by atoms with Crippen molar-refractivity contribution in [2.75, 3.05) is 7.11 Å². The van der Waals surface area contributed by atoms with E-state index in [9.17, 15) is 13.6 Å². The van der Waals surface area contributed by atoms with E-state index in [-0.39, 0.29) is 17.4 Å². The number of methoxy groups -OCH3 is 1. The number of carbonyl (C=O) groups excluding carboxylic acids is 1. The maximum atomic E-state index is 14.1. The number of ether oxygens (including phenoxy) is 2. The molecule has 2 aliphatic rings. The Bertz CT molecular complexity index is 660. The molecule has 3 rings (SSSR count). The summed E-state index contributed by atoms with van der Waals surface area (Å²) in [5, 5.41) is 0. The molecule has 3 nitrogen and oxygen atoms in total. The second-order valence-corrected chi connectivity index (χ2v) is 8.45. The van der Waals surface area contributed by atoms with Crippen molar-refractivity contribution in [1.82, 2.24) is 0 Å². The van der Waals surface area contributed by atoms with Crippen LogP contribution in [0.15, 0.2) is 12.1 Å². The van der Waals surface area contributed by atoms with E-state index in [4.69, 9.17) is 9.47 Å². The minimum absolute atomic E-state index is 0.204. The van der Waals surface area contributed by atoms with Crippen LogP contribution >= 0.6 is 0 Å². The molecule has 0 aromatic heterocycles. The van der Waals surface area contributed by atoms with E-state index in [2.05, 4.69) is 6.92 Å². The lowest BCUT2D eigenvalue weighted by molar-refractivity contribution is 0.0104. The van der Waals surface area contributed by atoms with Gasteiger partial charge in [0.25, 0.3) is 0 Å². The summed E-state index contributed by atoms with van der Waals surface area (Å²) in [6.45, 7) is 2.26.